The van der Waals surface area contributed by atoms with Crippen LogP contribution in [0.25, 0.3) is 0 Å². The molecule has 0 unspecified atom stereocenters. The number of hydrogen-bond donors (Lipinski definition) is 3. The summed E-state index contributed by atoms with van der Waals surface area (Å²) in [5, 5.41) is 17.7. The van der Waals surface area contributed by atoms with E-state index in [1.54, 1.807) is 11.8 Å². The van der Waals surface area contributed by atoms with E-state index < -0.39 is 0 Å². The fraction of sp³-hybridized carbons (Fsp3) is 0.522. The third-order valence-corrected chi connectivity index (χ3v) is 7.90. The molecule has 1 atom stereocenters. The van der Waals surface area contributed by atoms with Crippen LogP contribution < -0.4 is 10.6 Å². The molecule has 31 heavy (non-hydrogen) atoms. The van der Waals surface area contributed by atoms with Gasteiger partial charge in [-0.1, -0.05) is 24.3 Å². The molecule has 1 saturated carbocycles. The van der Waals surface area contributed by atoms with Gasteiger partial charge in [0, 0.05) is 24.9 Å². The number of aliphatic hydroxyl groups is 1. The number of anilines is 1. The molecule has 1 aromatic heterocycles. The maximum Gasteiger partial charge on any atom is 0.290 e. The quantitative estimate of drug-likeness (QED) is 0.478. The number of carbonyl (C=O) groups is 1. The number of rotatable bonds is 5. The number of nitrogens with zero attached hydrogens (tertiary/aromatic N) is 3. The Morgan fingerprint density at radius 2 is 1.97 bits per heavy atom. The Labute approximate surface area is 187 Å². The monoisotopic (exact) mass is 442 g/mol. The second-order valence-corrected chi connectivity index (χ2v) is 9.74. The van der Waals surface area contributed by atoms with Gasteiger partial charge in [-0.15, -0.1) is 11.8 Å². The minimum atomic E-state index is -0.250. The highest BCUT2D eigenvalue weighted by Gasteiger charge is 2.46. The molecule has 2 aliphatic carbocycles. The molecule has 0 radical (unpaired) electrons. The van der Waals surface area contributed by atoms with Crippen molar-refractivity contribution in [3.8, 4) is 0 Å². The van der Waals surface area contributed by atoms with Crippen LogP contribution in [-0.4, -0.2) is 45.5 Å². The molecule has 7 nitrogen and oxygen atoms in total. The van der Waals surface area contributed by atoms with Crippen molar-refractivity contribution in [2.75, 3.05) is 23.7 Å². The Bertz CT molecular complexity index is 913. The third-order valence-electron chi connectivity index (χ3n) is 6.77. The first-order valence-corrected chi connectivity index (χ1v) is 11.8. The summed E-state index contributed by atoms with van der Waals surface area (Å²) in [7, 11) is 0. The lowest BCUT2D eigenvalue weighted by Gasteiger charge is -2.42. The zero-order valence-electron chi connectivity index (χ0n) is 17.6. The van der Waals surface area contributed by atoms with Crippen LogP contribution in [0.4, 0.5) is 5.82 Å². The molecule has 1 spiro atoms. The molecule has 1 aliphatic heterocycles. The summed E-state index contributed by atoms with van der Waals surface area (Å²) in [4.78, 5) is 20.0. The van der Waals surface area contributed by atoms with Gasteiger partial charge in [-0.2, -0.15) is 0 Å². The van der Waals surface area contributed by atoms with Gasteiger partial charge in [-0.25, -0.2) is 9.97 Å². The first kappa shape index (κ1) is 22.0. The smallest absolute Gasteiger partial charge is 0.290 e. The second-order valence-electron chi connectivity index (χ2n) is 8.70. The third kappa shape index (κ3) is 4.71. The van der Waals surface area contributed by atoms with Crippen molar-refractivity contribution in [2.24, 2.45) is 17.1 Å². The minimum absolute atomic E-state index is 0.0627. The van der Waals surface area contributed by atoms with Gasteiger partial charge in [-0.05, 0) is 54.6 Å². The van der Waals surface area contributed by atoms with Crippen molar-refractivity contribution in [2.45, 2.75) is 49.8 Å². The number of piperidine rings is 1. The highest BCUT2D eigenvalue weighted by molar-refractivity contribution is 7.99. The lowest BCUT2D eigenvalue weighted by molar-refractivity contribution is -0.122. The number of thioether (sulfide) groups is 1. The molecule has 3 aliphatic rings. The van der Waals surface area contributed by atoms with Crippen molar-refractivity contribution in [1.29, 1.82) is 0 Å². The Morgan fingerprint density at radius 1 is 1.26 bits per heavy atom. The normalized spacial score (nSPS) is 21.4. The number of aliphatic hydroxyl groups excluding tert-OH is 1. The first-order valence-electron chi connectivity index (χ1n) is 10.9. The Morgan fingerprint density at radius 3 is 2.61 bits per heavy atom. The van der Waals surface area contributed by atoms with Crippen molar-refractivity contribution in [3.05, 3.63) is 47.3 Å². The fourth-order valence-corrected chi connectivity index (χ4v) is 5.84. The predicted molar refractivity (Wildman–Crippen MR) is 121 cm³/mol. The highest BCUT2D eigenvalue weighted by atomic mass is 32.2. The topological polar surface area (TPSA) is 113 Å². The summed E-state index contributed by atoms with van der Waals surface area (Å²) >= 11 is 1.76. The van der Waals surface area contributed by atoms with E-state index in [9.17, 15) is 5.11 Å². The van der Waals surface area contributed by atoms with Gasteiger partial charge in [0.25, 0.3) is 6.47 Å². The molecule has 0 amide bonds. The average Bonchev–Trinajstić information content (AvgIpc) is 3.59. The van der Waals surface area contributed by atoms with E-state index in [1.165, 1.54) is 24.0 Å². The fourth-order valence-electron chi connectivity index (χ4n) is 4.80. The average molecular weight is 443 g/mol. The lowest BCUT2D eigenvalue weighted by Crippen LogP contribution is -2.45. The van der Waals surface area contributed by atoms with Crippen LogP contribution in [0.5, 0.6) is 0 Å². The van der Waals surface area contributed by atoms with E-state index in [-0.39, 0.29) is 24.5 Å². The van der Waals surface area contributed by atoms with E-state index in [2.05, 4.69) is 34.1 Å². The number of fused-ring (bicyclic) bond motifs is 1. The SMILES string of the molecule is N[C@@H]1c2ccccc2CC12CCN(c1ncc(SCC3CC3)nc1CO)CC2.O=CO. The number of nitrogens with two attached hydrogens (primary N) is 1. The van der Waals surface area contributed by atoms with Gasteiger partial charge < -0.3 is 20.8 Å². The molecule has 4 N–H and O–H groups in total. The first-order chi connectivity index (χ1) is 15.1. The summed E-state index contributed by atoms with van der Waals surface area (Å²) < 4.78 is 0. The van der Waals surface area contributed by atoms with Gasteiger partial charge in [-0.3, -0.25) is 4.79 Å². The molecule has 2 fully saturated rings. The maximum absolute atomic E-state index is 9.87. The van der Waals surface area contributed by atoms with Crippen LogP contribution in [0.15, 0.2) is 35.5 Å². The van der Waals surface area contributed by atoms with E-state index in [0.29, 0.717) is 5.69 Å². The summed E-state index contributed by atoms with van der Waals surface area (Å²) in [6.07, 6.45) is 7.73. The predicted octanol–water partition coefficient (Wildman–Crippen LogP) is 3.01. The molecule has 0 bridgehead atoms. The molecule has 166 valence electrons. The summed E-state index contributed by atoms with van der Waals surface area (Å²) in [5.74, 6) is 2.81. The molecule has 2 aromatic rings. The minimum Gasteiger partial charge on any atom is -0.483 e. The van der Waals surface area contributed by atoms with E-state index in [0.717, 1.165) is 54.9 Å². The van der Waals surface area contributed by atoms with E-state index in [4.69, 9.17) is 20.6 Å². The number of benzene rings is 1. The molecule has 1 saturated heterocycles. The van der Waals surface area contributed by atoms with Gasteiger partial charge in [0.05, 0.1) is 12.8 Å². The number of aromatic nitrogens is 2. The van der Waals surface area contributed by atoms with Crippen LogP contribution in [0.3, 0.4) is 0 Å². The lowest BCUT2D eigenvalue weighted by atomic mass is 9.73. The summed E-state index contributed by atoms with van der Waals surface area (Å²) in [6, 6.07) is 8.75. The standard InChI is InChI=1S/C22H28N4OS.CH2O2/c23-20-17-4-2-1-3-16(17)11-22(20)7-9-26(10-8-22)21-18(13-27)25-19(12-24-21)28-14-15-5-6-15;2-1-3/h1-4,12,15,20,27H,5-11,13-14,23H2;1H,(H,2,3)/t20-;/m1./s1. The molecular weight excluding hydrogens is 412 g/mol. The summed E-state index contributed by atoms with van der Waals surface area (Å²) in [6.45, 7) is 1.52. The highest BCUT2D eigenvalue weighted by Crippen LogP contribution is 2.51. The largest absolute Gasteiger partial charge is 0.483 e. The van der Waals surface area contributed by atoms with Crippen LogP contribution in [0.1, 0.15) is 48.5 Å². The van der Waals surface area contributed by atoms with Gasteiger partial charge in [0.1, 0.15) is 10.7 Å². The molecule has 8 heteroatoms. The van der Waals surface area contributed by atoms with Crippen molar-refractivity contribution < 1.29 is 15.0 Å². The second kappa shape index (κ2) is 9.54. The van der Waals surface area contributed by atoms with Crippen LogP contribution >= 0.6 is 11.8 Å². The van der Waals surface area contributed by atoms with Crippen LogP contribution in [0, 0.1) is 11.3 Å². The van der Waals surface area contributed by atoms with E-state index in [1.807, 2.05) is 6.20 Å². The summed E-state index contributed by atoms with van der Waals surface area (Å²) in [5.41, 5.74) is 10.3. The van der Waals surface area contributed by atoms with Gasteiger partial charge >= 0.3 is 0 Å². The molecule has 2 heterocycles. The Balaban J connectivity index is 0.000000730. The molecular formula is C23H30N4O3S. The van der Waals surface area contributed by atoms with Crippen molar-refractivity contribution >= 4 is 24.1 Å². The zero-order chi connectivity index (χ0) is 21.8. The zero-order valence-corrected chi connectivity index (χ0v) is 18.4. The Kier molecular flexibility index (Phi) is 6.79. The van der Waals surface area contributed by atoms with Crippen molar-refractivity contribution in [1.82, 2.24) is 9.97 Å². The maximum atomic E-state index is 9.87. The van der Waals surface area contributed by atoms with Crippen LogP contribution in [0.2, 0.25) is 0 Å². The van der Waals surface area contributed by atoms with Crippen molar-refractivity contribution in [3.63, 3.8) is 0 Å². The van der Waals surface area contributed by atoms with Gasteiger partial charge in [0.2, 0.25) is 0 Å². The molecule has 1 aromatic carbocycles. The Hall–Kier alpha value is -2.16. The number of hydrogen-bond acceptors (Lipinski definition) is 7. The molecule has 5 rings (SSSR count). The van der Waals surface area contributed by atoms with E-state index >= 15 is 0 Å². The van der Waals surface area contributed by atoms with Crippen LogP contribution in [-0.2, 0) is 17.8 Å². The number of carboxylic acid groups (broad SMARTS) is 1. The van der Waals surface area contributed by atoms with Gasteiger partial charge in [0.15, 0.2) is 5.82 Å².